The van der Waals surface area contributed by atoms with Crippen LogP contribution in [0.25, 0.3) is 0 Å². The second kappa shape index (κ2) is 4.97. The molecular formula is C12H21N3O. The highest BCUT2D eigenvalue weighted by molar-refractivity contribution is 5.16. The lowest BCUT2D eigenvalue weighted by Crippen LogP contribution is -2.34. The Morgan fingerprint density at radius 3 is 3.06 bits per heavy atom. The lowest BCUT2D eigenvalue weighted by molar-refractivity contribution is 0.113. The maximum atomic E-state index is 5.53. The molecule has 4 heteroatoms. The molecule has 90 valence electrons. The summed E-state index contributed by atoms with van der Waals surface area (Å²) < 4.78 is 7.43. The minimum absolute atomic E-state index is 0.335. The molecule has 1 aromatic heterocycles. The van der Waals surface area contributed by atoms with Crippen LogP contribution in [0.4, 0.5) is 0 Å². The van der Waals surface area contributed by atoms with E-state index in [2.05, 4.69) is 30.5 Å². The molecule has 0 aliphatic carbocycles. The molecule has 0 spiro atoms. The average Bonchev–Trinajstić information content (AvgIpc) is 2.81. The number of hydrogen-bond donors (Lipinski definition) is 1. The van der Waals surface area contributed by atoms with Crippen LogP contribution in [0.5, 0.6) is 0 Å². The minimum atomic E-state index is 0.335. The van der Waals surface area contributed by atoms with Crippen molar-refractivity contribution in [1.29, 1.82) is 0 Å². The van der Waals surface area contributed by atoms with Crippen LogP contribution in [-0.4, -0.2) is 28.5 Å². The molecule has 2 rings (SSSR count). The van der Waals surface area contributed by atoms with Gasteiger partial charge in [-0.3, -0.25) is 4.68 Å². The van der Waals surface area contributed by atoms with Gasteiger partial charge in [-0.2, -0.15) is 5.10 Å². The Balaban J connectivity index is 1.93. The van der Waals surface area contributed by atoms with E-state index in [1.54, 1.807) is 0 Å². The van der Waals surface area contributed by atoms with Crippen molar-refractivity contribution < 1.29 is 4.74 Å². The molecule has 16 heavy (non-hydrogen) atoms. The van der Waals surface area contributed by atoms with Gasteiger partial charge in [0.15, 0.2) is 0 Å². The topological polar surface area (TPSA) is 39.1 Å². The highest BCUT2D eigenvalue weighted by Crippen LogP contribution is 2.14. The smallest absolute Gasteiger partial charge is 0.0700 e. The SMILES string of the molecule is CCc1nn(C)cc1CNC1CCOC1C. The molecule has 0 aromatic carbocycles. The third-order valence-corrected chi connectivity index (χ3v) is 3.26. The number of nitrogens with one attached hydrogen (secondary N) is 1. The zero-order chi connectivity index (χ0) is 11.5. The molecule has 1 N–H and O–H groups in total. The highest BCUT2D eigenvalue weighted by atomic mass is 16.5. The summed E-state index contributed by atoms with van der Waals surface area (Å²) in [6.45, 7) is 6.06. The quantitative estimate of drug-likeness (QED) is 0.835. The second-order valence-electron chi connectivity index (χ2n) is 4.48. The van der Waals surface area contributed by atoms with Crippen LogP contribution < -0.4 is 5.32 Å². The van der Waals surface area contributed by atoms with Crippen molar-refractivity contribution in [3.05, 3.63) is 17.5 Å². The molecule has 0 radical (unpaired) electrons. The summed E-state index contributed by atoms with van der Waals surface area (Å²) in [5.41, 5.74) is 2.51. The molecule has 0 saturated carbocycles. The molecule has 1 aromatic rings. The summed E-state index contributed by atoms with van der Waals surface area (Å²) in [6, 6.07) is 0.491. The second-order valence-corrected chi connectivity index (χ2v) is 4.48. The molecule has 2 heterocycles. The van der Waals surface area contributed by atoms with E-state index in [1.807, 2.05) is 11.7 Å². The summed E-state index contributed by atoms with van der Waals surface area (Å²) in [5.74, 6) is 0. The van der Waals surface area contributed by atoms with Crippen LogP contribution in [0.1, 0.15) is 31.5 Å². The Hall–Kier alpha value is -0.870. The summed E-state index contributed by atoms with van der Waals surface area (Å²) in [5, 5.41) is 8.00. The monoisotopic (exact) mass is 223 g/mol. The van der Waals surface area contributed by atoms with Crippen molar-refractivity contribution in [2.75, 3.05) is 6.61 Å². The number of ether oxygens (including phenoxy) is 1. The average molecular weight is 223 g/mol. The molecule has 1 fully saturated rings. The number of rotatable bonds is 4. The van der Waals surface area contributed by atoms with E-state index >= 15 is 0 Å². The number of aryl methyl sites for hydroxylation is 2. The van der Waals surface area contributed by atoms with Gasteiger partial charge in [0.2, 0.25) is 0 Å². The lowest BCUT2D eigenvalue weighted by atomic mass is 10.1. The molecule has 2 atom stereocenters. The van der Waals surface area contributed by atoms with E-state index in [9.17, 15) is 0 Å². The molecular weight excluding hydrogens is 202 g/mol. The van der Waals surface area contributed by atoms with Crippen molar-refractivity contribution in [2.24, 2.45) is 7.05 Å². The molecule has 1 aliphatic rings. The predicted octanol–water partition coefficient (Wildman–Crippen LogP) is 1.25. The Morgan fingerprint density at radius 2 is 2.44 bits per heavy atom. The number of nitrogens with zero attached hydrogens (tertiary/aromatic N) is 2. The first kappa shape index (κ1) is 11.6. The van der Waals surface area contributed by atoms with Crippen LogP contribution >= 0.6 is 0 Å². The van der Waals surface area contributed by atoms with Gasteiger partial charge in [0.1, 0.15) is 0 Å². The van der Waals surface area contributed by atoms with E-state index in [1.165, 1.54) is 11.3 Å². The number of aromatic nitrogens is 2. The standard InChI is InChI=1S/C12H21N3O/c1-4-11-10(8-15(3)14-11)7-13-12-5-6-16-9(12)2/h8-9,12-13H,4-7H2,1-3H3. The zero-order valence-corrected chi connectivity index (χ0v) is 10.4. The largest absolute Gasteiger partial charge is 0.377 e. The normalized spacial score (nSPS) is 25.2. The maximum absolute atomic E-state index is 5.53. The molecule has 1 aliphatic heterocycles. The van der Waals surface area contributed by atoms with Gasteiger partial charge < -0.3 is 10.1 Å². The van der Waals surface area contributed by atoms with E-state index in [0.717, 1.165) is 26.0 Å². The van der Waals surface area contributed by atoms with E-state index in [-0.39, 0.29) is 0 Å². The molecule has 1 saturated heterocycles. The third kappa shape index (κ3) is 2.44. The zero-order valence-electron chi connectivity index (χ0n) is 10.4. The Labute approximate surface area is 97.0 Å². The maximum Gasteiger partial charge on any atom is 0.0700 e. The first-order valence-corrected chi connectivity index (χ1v) is 6.07. The first-order valence-electron chi connectivity index (χ1n) is 6.07. The van der Waals surface area contributed by atoms with Crippen LogP contribution in [0.3, 0.4) is 0 Å². The van der Waals surface area contributed by atoms with Crippen molar-refractivity contribution in [1.82, 2.24) is 15.1 Å². The fourth-order valence-corrected chi connectivity index (χ4v) is 2.27. The van der Waals surface area contributed by atoms with Crippen LogP contribution in [0, 0.1) is 0 Å². The minimum Gasteiger partial charge on any atom is -0.377 e. The lowest BCUT2D eigenvalue weighted by Gasteiger charge is -2.15. The number of hydrogen-bond acceptors (Lipinski definition) is 3. The molecule has 0 bridgehead atoms. The molecule has 2 unspecified atom stereocenters. The van der Waals surface area contributed by atoms with Gasteiger partial charge in [0.25, 0.3) is 0 Å². The summed E-state index contributed by atoms with van der Waals surface area (Å²) >= 11 is 0. The van der Waals surface area contributed by atoms with Gasteiger partial charge in [-0.25, -0.2) is 0 Å². The van der Waals surface area contributed by atoms with Gasteiger partial charge in [0.05, 0.1) is 11.8 Å². The van der Waals surface area contributed by atoms with Crippen molar-refractivity contribution in [3.63, 3.8) is 0 Å². The Morgan fingerprint density at radius 1 is 1.62 bits per heavy atom. The van der Waals surface area contributed by atoms with Crippen LogP contribution in [-0.2, 0) is 24.8 Å². The molecule has 4 nitrogen and oxygen atoms in total. The van der Waals surface area contributed by atoms with E-state index < -0.39 is 0 Å². The van der Waals surface area contributed by atoms with Crippen molar-refractivity contribution in [2.45, 2.75) is 45.4 Å². The Kier molecular flexibility index (Phi) is 3.61. The fourth-order valence-electron chi connectivity index (χ4n) is 2.27. The van der Waals surface area contributed by atoms with Gasteiger partial charge in [0, 0.05) is 38.0 Å². The van der Waals surface area contributed by atoms with Gasteiger partial charge in [-0.05, 0) is 19.8 Å². The third-order valence-electron chi connectivity index (χ3n) is 3.26. The van der Waals surface area contributed by atoms with Gasteiger partial charge in [-0.1, -0.05) is 6.92 Å². The summed E-state index contributed by atoms with van der Waals surface area (Å²) in [4.78, 5) is 0. The fraction of sp³-hybridized carbons (Fsp3) is 0.750. The van der Waals surface area contributed by atoms with E-state index in [0.29, 0.717) is 12.1 Å². The highest BCUT2D eigenvalue weighted by Gasteiger charge is 2.23. The van der Waals surface area contributed by atoms with Crippen molar-refractivity contribution >= 4 is 0 Å². The van der Waals surface area contributed by atoms with Gasteiger partial charge >= 0.3 is 0 Å². The van der Waals surface area contributed by atoms with Crippen molar-refractivity contribution in [3.8, 4) is 0 Å². The van der Waals surface area contributed by atoms with Crippen LogP contribution in [0.15, 0.2) is 6.20 Å². The Bertz CT molecular complexity index is 348. The molecule has 0 amide bonds. The first-order chi connectivity index (χ1) is 7.70. The summed E-state index contributed by atoms with van der Waals surface area (Å²) in [7, 11) is 1.98. The predicted molar refractivity (Wildman–Crippen MR) is 63.2 cm³/mol. The van der Waals surface area contributed by atoms with Crippen LogP contribution in [0.2, 0.25) is 0 Å². The van der Waals surface area contributed by atoms with E-state index in [4.69, 9.17) is 4.74 Å². The van der Waals surface area contributed by atoms with Gasteiger partial charge in [-0.15, -0.1) is 0 Å². The summed E-state index contributed by atoms with van der Waals surface area (Å²) in [6.07, 6.45) is 4.55.